The molecule has 2 aromatic carbocycles. The van der Waals surface area contributed by atoms with E-state index in [2.05, 4.69) is 68.4 Å². The highest BCUT2D eigenvalue weighted by atomic mass is 16.2. The summed E-state index contributed by atoms with van der Waals surface area (Å²) in [5.41, 5.74) is 6.10. The van der Waals surface area contributed by atoms with Gasteiger partial charge in [-0.15, -0.1) is 0 Å². The number of benzene rings is 2. The molecule has 0 aliphatic carbocycles. The van der Waals surface area contributed by atoms with Gasteiger partial charge in [0.2, 0.25) is 5.91 Å². The van der Waals surface area contributed by atoms with Crippen LogP contribution in [0.25, 0.3) is 0 Å². The average Bonchev–Trinajstić information content (AvgIpc) is 3.09. The highest BCUT2D eigenvalue weighted by molar-refractivity contribution is 6.19. The summed E-state index contributed by atoms with van der Waals surface area (Å²) in [5, 5.41) is 9.36. The minimum absolute atomic E-state index is 0.162. The van der Waals surface area contributed by atoms with Crippen LogP contribution in [0.2, 0.25) is 0 Å². The van der Waals surface area contributed by atoms with E-state index in [1.165, 1.54) is 22.8 Å². The number of rotatable bonds is 8. The normalized spacial score (nSPS) is 18.4. The maximum absolute atomic E-state index is 13.0. The van der Waals surface area contributed by atoms with Gasteiger partial charge in [0.1, 0.15) is 11.7 Å². The Morgan fingerprint density at radius 1 is 1.08 bits per heavy atom. The summed E-state index contributed by atoms with van der Waals surface area (Å²) in [4.78, 5) is 39.0. The molecule has 36 heavy (non-hydrogen) atoms. The predicted octanol–water partition coefficient (Wildman–Crippen LogP) is 3.83. The second kappa shape index (κ2) is 10.1. The number of imide groups is 1. The minimum atomic E-state index is -0.821. The molecule has 0 saturated carbocycles. The Balaban J connectivity index is 1.40. The third-order valence-corrected chi connectivity index (χ3v) is 7.00. The fourth-order valence-corrected chi connectivity index (χ4v) is 4.60. The molecule has 0 radical (unpaired) electrons. The molecule has 1 fully saturated rings. The van der Waals surface area contributed by atoms with Gasteiger partial charge in [-0.25, -0.2) is 0 Å². The first-order valence-corrected chi connectivity index (χ1v) is 12.3. The number of anilines is 1. The van der Waals surface area contributed by atoms with E-state index in [0.29, 0.717) is 24.2 Å². The first-order valence-electron chi connectivity index (χ1n) is 12.3. The van der Waals surface area contributed by atoms with E-state index in [1.807, 2.05) is 24.3 Å². The lowest BCUT2D eigenvalue weighted by Gasteiger charge is -2.30. The van der Waals surface area contributed by atoms with E-state index in [-0.39, 0.29) is 17.1 Å². The number of hydrogen-bond donors (Lipinski definition) is 3. The molecule has 2 aliphatic rings. The first-order chi connectivity index (χ1) is 17.0. The van der Waals surface area contributed by atoms with Gasteiger partial charge in [-0.05, 0) is 87.9 Å². The number of nitrogens with one attached hydrogen (secondary N) is 3. The molecule has 2 aromatic rings. The summed E-state index contributed by atoms with van der Waals surface area (Å²) >= 11 is 0. The molecule has 1 saturated heterocycles. The van der Waals surface area contributed by atoms with E-state index in [4.69, 9.17) is 0 Å². The van der Waals surface area contributed by atoms with Crippen molar-refractivity contribution in [1.29, 1.82) is 0 Å². The number of piperidine rings is 1. The van der Waals surface area contributed by atoms with Crippen molar-refractivity contribution in [3.8, 4) is 0 Å². The summed E-state index contributed by atoms with van der Waals surface area (Å²) in [6, 6.07) is 13.5. The zero-order chi connectivity index (χ0) is 26.0. The second-order valence-electron chi connectivity index (χ2n) is 10.1. The molecule has 0 spiro atoms. The standard InChI is InChI=1S/C29H34N4O3/c1-18-9-11-21(15-19(18)2)13-14-30-29(4,5)22-7-6-8-23(16-22)32-24-17-26(34)33(28(24)36)25-12-10-20(3)31-27(25)35/h6-9,11,15-17,25,30,32H,3,10,12-14H2,1-2,4-5H3,(H,31,35). The summed E-state index contributed by atoms with van der Waals surface area (Å²) in [5.74, 6) is -1.36. The molecule has 3 N–H and O–H groups in total. The Morgan fingerprint density at radius 3 is 2.58 bits per heavy atom. The van der Waals surface area contributed by atoms with Gasteiger partial charge >= 0.3 is 0 Å². The van der Waals surface area contributed by atoms with Crippen LogP contribution in [0.3, 0.4) is 0 Å². The molecule has 0 bridgehead atoms. The number of amides is 3. The van der Waals surface area contributed by atoms with Gasteiger partial charge in [-0.1, -0.05) is 36.9 Å². The number of allylic oxidation sites excluding steroid dienone is 1. The monoisotopic (exact) mass is 486 g/mol. The number of nitrogens with zero attached hydrogens (tertiary/aromatic N) is 1. The van der Waals surface area contributed by atoms with Gasteiger partial charge in [0.25, 0.3) is 11.8 Å². The predicted molar refractivity (Wildman–Crippen MR) is 141 cm³/mol. The fraction of sp³-hybridized carbons (Fsp3) is 0.345. The van der Waals surface area contributed by atoms with Crippen LogP contribution in [0.1, 0.15) is 48.9 Å². The quantitative estimate of drug-likeness (QED) is 0.494. The summed E-state index contributed by atoms with van der Waals surface area (Å²) in [6.45, 7) is 13.1. The van der Waals surface area contributed by atoms with Gasteiger partial charge < -0.3 is 16.0 Å². The molecule has 188 valence electrons. The van der Waals surface area contributed by atoms with Crippen LogP contribution < -0.4 is 16.0 Å². The van der Waals surface area contributed by atoms with Crippen LogP contribution in [0.5, 0.6) is 0 Å². The molecule has 4 rings (SSSR count). The summed E-state index contributed by atoms with van der Waals surface area (Å²) in [6.07, 6.45) is 3.09. The summed E-state index contributed by atoms with van der Waals surface area (Å²) < 4.78 is 0. The van der Waals surface area contributed by atoms with Crippen LogP contribution in [0.15, 0.2) is 66.5 Å². The maximum atomic E-state index is 13.0. The molecule has 7 nitrogen and oxygen atoms in total. The van der Waals surface area contributed by atoms with Crippen molar-refractivity contribution >= 4 is 23.4 Å². The van der Waals surface area contributed by atoms with Crippen molar-refractivity contribution in [2.75, 3.05) is 11.9 Å². The fourth-order valence-electron chi connectivity index (χ4n) is 4.60. The Labute approximate surface area is 212 Å². The van der Waals surface area contributed by atoms with Crippen molar-refractivity contribution in [3.05, 3.63) is 88.8 Å². The van der Waals surface area contributed by atoms with Crippen molar-refractivity contribution < 1.29 is 14.4 Å². The molecule has 0 aromatic heterocycles. The number of carbonyl (C=O) groups excluding carboxylic acids is 3. The summed E-state index contributed by atoms with van der Waals surface area (Å²) in [7, 11) is 0. The zero-order valence-corrected chi connectivity index (χ0v) is 21.4. The van der Waals surface area contributed by atoms with E-state index in [9.17, 15) is 14.4 Å². The third kappa shape index (κ3) is 5.41. The van der Waals surface area contributed by atoms with Crippen molar-refractivity contribution in [3.63, 3.8) is 0 Å². The maximum Gasteiger partial charge on any atom is 0.278 e. The van der Waals surface area contributed by atoms with Gasteiger partial charge in [-0.3, -0.25) is 19.3 Å². The first kappa shape index (κ1) is 25.4. The number of hydrogen-bond acceptors (Lipinski definition) is 5. The lowest BCUT2D eigenvalue weighted by molar-refractivity contribution is -0.146. The molecule has 3 amide bonds. The molecule has 1 unspecified atom stereocenters. The lowest BCUT2D eigenvalue weighted by atomic mass is 9.93. The van der Waals surface area contributed by atoms with Crippen LogP contribution in [-0.2, 0) is 26.3 Å². The lowest BCUT2D eigenvalue weighted by Crippen LogP contribution is -2.52. The average molecular weight is 487 g/mol. The Morgan fingerprint density at radius 2 is 1.86 bits per heavy atom. The largest absolute Gasteiger partial charge is 0.351 e. The molecular formula is C29H34N4O3. The van der Waals surface area contributed by atoms with Gasteiger partial charge in [-0.2, -0.15) is 0 Å². The van der Waals surface area contributed by atoms with Crippen LogP contribution in [-0.4, -0.2) is 35.2 Å². The van der Waals surface area contributed by atoms with Gasteiger partial charge in [0.05, 0.1) is 0 Å². The molecule has 2 aliphatic heterocycles. The third-order valence-electron chi connectivity index (χ3n) is 7.00. The number of aryl methyl sites for hydroxylation is 2. The van der Waals surface area contributed by atoms with Crippen molar-refractivity contribution in [2.45, 2.75) is 58.5 Å². The van der Waals surface area contributed by atoms with E-state index >= 15 is 0 Å². The van der Waals surface area contributed by atoms with E-state index in [1.54, 1.807) is 0 Å². The molecule has 1 atom stereocenters. The highest BCUT2D eigenvalue weighted by Crippen LogP contribution is 2.27. The Bertz CT molecular complexity index is 1260. The second-order valence-corrected chi connectivity index (χ2v) is 10.1. The smallest absolute Gasteiger partial charge is 0.278 e. The zero-order valence-electron chi connectivity index (χ0n) is 21.4. The SMILES string of the molecule is C=C1CCC(N2C(=O)C=C(Nc3cccc(C(C)(C)NCCc4ccc(C)c(C)c4)c3)C2=O)C(=O)N1. The van der Waals surface area contributed by atoms with Crippen molar-refractivity contribution in [2.24, 2.45) is 0 Å². The number of carbonyl (C=O) groups is 3. The van der Waals surface area contributed by atoms with E-state index < -0.39 is 17.9 Å². The van der Waals surface area contributed by atoms with Gasteiger partial charge in [0.15, 0.2) is 0 Å². The Hall–Kier alpha value is -3.71. The van der Waals surface area contributed by atoms with E-state index in [0.717, 1.165) is 23.4 Å². The molecular weight excluding hydrogens is 452 g/mol. The van der Waals surface area contributed by atoms with Crippen LogP contribution >= 0.6 is 0 Å². The minimum Gasteiger partial charge on any atom is -0.351 e. The topological polar surface area (TPSA) is 90.5 Å². The Kier molecular flexibility index (Phi) is 7.13. The van der Waals surface area contributed by atoms with Crippen LogP contribution in [0.4, 0.5) is 5.69 Å². The highest BCUT2D eigenvalue weighted by Gasteiger charge is 2.41. The van der Waals surface area contributed by atoms with Gasteiger partial charge in [0, 0.05) is 23.0 Å². The molecule has 2 heterocycles. The van der Waals surface area contributed by atoms with Crippen LogP contribution in [0, 0.1) is 13.8 Å². The van der Waals surface area contributed by atoms with Crippen molar-refractivity contribution in [1.82, 2.24) is 15.5 Å². The molecule has 7 heteroatoms.